The third-order valence-electron chi connectivity index (χ3n) is 4.66. The molecule has 0 aliphatic carbocycles. The number of hydrogen-bond donors (Lipinski definition) is 1. The van der Waals surface area contributed by atoms with E-state index in [1.165, 1.54) is 19.4 Å². The first-order valence-corrected chi connectivity index (χ1v) is 7.35. The summed E-state index contributed by atoms with van der Waals surface area (Å²) in [7, 11) is 2.22. The van der Waals surface area contributed by atoms with Gasteiger partial charge in [-0.05, 0) is 45.2 Å². The zero-order valence-corrected chi connectivity index (χ0v) is 11.8. The molecular formula is C14H27N3O. The molecule has 3 atom stereocenters. The van der Waals surface area contributed by atoms with Crippen molar-refractivity contribution in [3.63, 3.8) is 0 Å². The van der Waals surface area contributed by atoms with Crippen LogP contribution in [-0.2, 0) is 4.79 Å². The molecule has 0 saturated carbocycles. The zero-order chi connectivity index (χ0) is 13.1. The van der Waals surface area contributed by atoms with E-state index in [0.29, 0.717) is 18.4 Å². The quantitative estimate of drug-likeness (QED) is 0.818. The third kappa shape index (κ3) is 3.04. The van der Waals surface area contributed by atoms with Crippen LogP contribution in [0.3, 0.4) is 0 Å². The molecule has 0 aromatic carbocycles. The van der Waals surface area contributed by atoms with Crippen molar-refractivity contribution in [2.75, 3.05) is 26.7 Å². The molecule has 2 aliphatic rings. The topological polar surface area (TPSA) is 49.6 Å². The van der Waals surface area contributed by atoms with Gasteiger partial charge in [-0.3, -0.25) is 4.79 Å². The van der Waals surface area contributed by atoms with Crippen molar-refractivity contribution in [2.24, 2.45) is 11.7 Å². The Morgan fingerprint density at radius 3 is 2.89 bits per heavy atom. The number of nitrogens with zero attached hydrogens (tertiary/aromatic N) is 2. The Balaban J connectivity index is 1.88. The minimum absolute atomic E-state index is 0.0317. The number of amides is 1. The Kier molecular flexibility index (Phi) is 4.62. The van der Waals surface area contributed by atoms with Crippen LogP contribution in [0.15, 0.2) is 0 Å². The van der Waals surface area contributed by atoms with Crippen LogP contribution in [0, 0.1) is 5.92 Å². The van der Waals surface area contributed by atoms with Crippen LogP contribution in [-0.4, -0.2) is 54.5 Å². The van der Waals surface area contributed by atoms with E-state index in [1.807, 2.05) is 6.92 Å². The van der Waals surface area contributed by atoms with Gasteiger partial charge in [0.15, 0.2) is 0 Å². The van der Waals surface area contributed by atoms with E-state index >= 15 is 0 Å². The maximum absolute atomic E-state index is 12.2. The number of piperidine rings is 2. The molecule has 104 valence electrons. The molecule has 0 aromatic rings. The van der Waals surface area contributed by atoms with Gasteiger partial charge < -0.3 is 15.5 Å². The number of rotatable bonds is 3. The Hall–Kier alpha value is -0.610. The molecular weight excluding hydrogens is 226 g/mol. The molecule has 18 heavy (non-hydrogen) atoms. The monoisotopic (exact) mass is 253 g/mol. The standard InChI is InChI=1S/C14H27N3O/c1-3-12(15)9-14(18)17-8-6-13-11(10-17)5-4-7-16(13)2/h11-13H,3-10,15H2,1-2H3. The van der Waals surface area contributed by atoms with Gasteiger partial charge in [-0.2, -0.15) is 0 Å². The van der Waals surface area contributed by atoms with E-state index in [-0.39, 0.29) is 11.9 Å². The maximum atomic E-state index is 12.2. The highest BCUT2D eigenvalue weighted by Crippen LogP contribution is 2.29. The number of hydrogen-bond acceptors (Lipinski definition) is 3. The average molecular weight is 253 g/mol. The lowest BCUT2D eigenvalue weighted by molar-refractivity contribution is -0.135. The van der Waals surface area contributed by atoms with Crippen LogP contribution in [0.25, 0.3) is 0 Å². The van der Waals surface area contributed by atoms with Gasteiger partial charge >= 0.3 is 0 Å². The van der Waals surface area contributed by atoms with Crippen molar-refractivity contribution in [3.8, 4) is 0 Å². The molecule has 2 N–H and O–H groups in total. The van der Waals surface area contributed by atoms with Crippen molar-refractivity contribution in [2.45, 2.75) is 51.1 Å². The lowest BCUT2D eigenvalue weighted by Gasteiger charge is -2.46. The molecule has 4 nitrogen and oxygen atoms in total. The van der Waals surface area contributed by atoms with Gasteiger partial charge in [0.05, 0.1) is 0 Å². The predicted octanol–water partition coefficient (Wildman–Crippen LogP) is 1.06. The summed E-state index contributed by atoms with van der Waals surface area (Å²) in [5, 5.41) is 0. The molecule has 2 aliphatic heterocycles. The summed E-state index contributed by atoms with van der Waals surface area (Å²) < 4.78 is 0. The molecule has 0 radical (unpaired) electrons. The fourth-order valence-corrected chi connectivity index (χ4v) is 3.38. The van der Waals surface area contributed by atoms with Gasteiger partial charge in [0.25, 0.3) is 0 Å². The number of fused-ring (bicyclic) bond motifs is 1. The van der Waals surface area contributed by atoms with Crippen molar-refractivity contribution < 1.29 is 4.79 Å². The second kappa shape index (κ2) is 6.02. The normalized spacial score (nSPS) is 30.9. The van der Waals surface area contributed by atoms with Crippen molar-refractivity contribution >= 4 is 5.91 Å². The van der Waals surface area contributed by atoms with Gasteiger partial charge in [-0.15, -0.1) is 0 Å². The first-order chi connectivity index (χ1) is 8.61. The number of nitrogens with two attached hydrogens (primary N) is 1. The van der Waals surface area contributed by atoms with Crippen LogP contribution in [0.5, 0.6) is 0 Å². The lowest BCUT2D eigenvalue weighted by atomic mass is 9.84. The number of carbonyl (C=O) groups excluding carboxylic acids is 1. The van der Waals surface area contributed by atoms with E-state index < -0.39 is 0 Å². The average Bonchev–Trinajstić information content (AvgIpc) is 2.38. The van der Waals surface area contributed by atoms with Crippen molar-refractivity contribution in [1.29, 1.82) is 0 Å². The summed E-state index contributed by atoms with van der Waals surface area (Å²) >= 11 is 0. The smallest absolute Gasteiger partial charge is 0.224 e. The second-order valence-electron chi connectivity index (χ2n) is 5.95. The van der Waals surface area contributed by atoms with E-state index in [0.717, 1.165) is 25.9 Å². The molecule has 2 saturated heterocycles. The fourth-order valence-electron chi connectivity index (χ4n) is 3.38. The van der Waals surface area contributed by atoms with Crippen LogP contribution >= 0.6 is 0 Å². The summed E-state index contributed by atoms with van der Waals surface area (Å²) in [5.74, 6) is 0.940. The van der Waals surface area contributed by atoms with E-state index in [2.05, 4.69) is 16.8 Å². The summed E-state index contributed by atoms with van der Waals surface area (Å²) in [6.07, 6.45) is 5.08. The Labute approximate surface area is 110 Å². The van der Waals surface area contributed by atoms with Crippen LogP contribution < -0.4 is 5.73 Å². The van der Waals surface area contributed by atoms with Gasteiger partial charge in [-0.25, -0.2) is 0 Å². The number of likely N-dealkylation sites (tertiary alicyclic amines) is 2. The second-order valence-corrected chi connectivity index (χ2v) is 5.95. The van der Waals surface area contributed by atoms with Crippen LogP contribution in [0.4, 0.5) is 0 Å². The molecule has 3 unspecified atom stereocenters. The van der Waals surface area contributed by atoms with Gasteiger partial charge in [-0.1, -0.05) is 6.92 Å². The van der Waals surface area contributed by atoms with Crippen molar-refractivity contribution in [3.05, 3.63) is 0 Å². The first-order valence-electron chi connectivity index (χ1n) is 7.35. The largest absolute Gasteiger partial charge is 0.342 e. The third-order valence-corrected chi connectivity index (χ3v) is 4.66. The number of carbonyl (C=O) groups is 1. The summed E-state index contributed by atoms with van der Waals surface area (Å²) in [6.45, 7) is 5.13. The van der Waals surface area contributed by atoms with E-state index in [4.69, 9.17) is 5.73 Å². The molecule has 1 amide bonds. The molecule has 2 fully saturated rings. The maximum Gasteiger partial charge on any atom is 0.224 e. The summed E-state index contributed by atoms with van der Waals surface area (Å²) in [5.41, 5.74) is 5.88. The van der Waals surface area contributed by atoms with Crippen LogP contribution in [0.1, 0.15) is 39.0 Å². The highest BCUT2D eigenvalue weighted by Gasteiger charge is 2.35. The van der Waals surface area contributed by atoms with E-state index in [9.17, 15) is 4.79 Å². The minimum atomic E-state index is 0.0317. The Morgan fingerprint density at radius 1 is 1.39 bits per heavy atom. The van der Waals surface area contributed by atoms with Gasteiger partial charge in [0.1, 0.15) is 0 Å². The summed E-state index contributed by atoms with van der Waals surface area (Å²) in [4.78, 5) is 16.7. The highest BCUT2D eigenvalue weighted by molar-refractivity contribution is 5.77. The lowest BCUT2D eigenvalue weighted by Crippen LogP contribution is -2.54. The van der Waals surface area contributed by atoms with Crippen molar-refractivity contribution in [1.82, 2.24) is 9.80 Å². The molecule has 0 spiro atoms. The highest BCUT2D eigenvalue weighted by atomic mass is 16.2. The zero-order valence-electron chi connectivity index (χ0n) is 11.8. The predicted molar refractivity (Wildman–Crippen MR) is 73.2 cm³/mol. The van der Waals surface area contributed by atoms with Gasteiger partial charge in [0.2, 0.25) is 5.91 Å². The Bertz CT molecular complexity index is 295. The molecule has 0 aromatic heterocycles. The first kappa shape index (κ1) is 13.8. The molecule has 2 rings (SSSR count). The molecule has 0 bridgehead atoms. The molecule has 2 heterocycles. The SMILES string of the molecule is CCC(N)CC(=O)N1CCC2C(CCCN2C)C1. The Morgan fingerprint density at radius 2 is 2.17 bits per heavy atom. The fraction of sp³-hybridized carbons (Fsp3) is 0.929. The van der Waals surface area contributed by atoms with Gasteiger partial charge in [0, 0.05) is 31.6 Å². The molecule has 4 heteroatoms. The summed E-state index contributed by atoms with van der Waals surface area (Å²) in [6, 6.07) is 0.729. The minimum Gasteiger partial charge on any atom is -0.342 e. The van der Waals surface area contributed by atoms with Crippen LogP contribution in [0.2, 0.25) is 0 Å². The van der Waals surface area contributed by atoms with E-state index in [1.54, 1.807) is 0 Å².